The molecule has 0 aliphatic rings. The Hall–Kier alpha value is -3.13. The van der Waals surface area contributed by atoms with Crippen LogP contribution in [0.15, 0.2) is 42.5 Å². The normalized spacial score (nSPS) is 11.7. The Labute approximate surface area is 171 Å². The van der Waals surface area contributed by atoms with E-state index in [0.29, 0.717) is 21.8 Å². The van der Waals surface area contributed by atoms with Crippen LogP contribution in [-0.2, 0) is 9.53 Å². The second kappa shape index (κ2) is 8.91. The lowest BCUT2D eigenvalue weighted by atomic mass is 10.1. The van der Waals surface area contributed by atoms with Gasteiger partial charge in [-0.3, -0.25) is 4.79 Å². The zero-order valence-corrected chi connectivity index (χ0v) is 17.0. The minimum atomic E-state index is -0.631. The van der Waals surface area contributed by atoms with E-state index >= 15 is 0 Å². The van der Waals surface area contributed by atoms with Crippen molar-refractivity contribution in [3.8, 4) is 11.5 Å². The van der Waals surface area contributed by atoms with Gasteiger partial charge >= 0.3 is 5.97 Å². The first-order valence-electron chi connectivity index (χ1n) is 8.78. The summed E-state index contributed by atoms with van der Waals surface area (Å²) in [5, 5.41) is 3.38. The summed E-state index contributed by atoms with van der Waals surface area (Å²) >= 11 is 1.18. The molecule has 0 saturated heterocycles. The minimum absolute atomic E-state index is 0.306. The molecule has 2 aromatic carbocycles. The Kier molecular flexibility index (Phi) is 6.33. The molecule has 0 saturated carbocycles. The third-order valence-electron chi connectivity index (χ3n) is 4.29. The van der Waals surface area contributed by atoms with Gasteiger partial charge in [-0.2, -0.15) is 0 Å². The standard InChI is InChI=1S/C21H20FNO5S/c1-12(16-10-15(26-2)5-6-17(16)27-3)23-20(24)11-28-21(25)19-9-13-8-14(22)4-7-18(13)29-19/h4-10,12H,11H2,1-3H3,(H,23,24)/t12-/m0/s1. The van der Waals surface area contributed by atoms with Gasteiger partial charge in [0.25, 0.3) is 5.91 Å². The molecule has 6 nitrogen and oxygen atoms in total. The number of ether oxygens (including phenoxy) is 3. The molecule has 29 heavy (non-hydrogen) atoms. The van der Waals surface area contributed by atoms with Crippen molar-refractivity contribution >= 4 is 33.3 Å². The molecule has 1 atom stereocenters. The van der Waals surface area contributed by atoms with Gasteiger partial charge in [0.2, 0.25) is 0 Å². The van der Waals surface area contributed by atoms with E-state index in [9.17, 15) is 14.0 Å². The monoisotopic (exact) mass is 417 g/mol. The van der Waals surface area contributed by atoms with Crippen LogP contribution in [0.1, 0.15) is 28.2 Å². The number of carbonyl (C=O) groups excluding carboxylic acids is 2. The molecule has 0 bridgehead atoms. The Morgan fingerprint density at radius 3 is 2.62 bits per heavy atom. The Balaban J connectivity index is 1.61. The number of halogens is 1. The van der Waals surface area contributed by atoms with Crippen LogP contribution >= 0.6 is 11.3 Å². The molecule has 1 heterocycles. The quantitative estimate of drug-likeness (QED) is 0.586. The number of rotatable bonds is 7. The lowest BCUT2D eigenvalue weighted by Crippen LogP contribution is -2.31. The van der Waals surface area contributed by atoms with Crippen LogP contribution in [0, 0.1) is 5.82 Å². The highest BCUT2D eigenvalue weighted by molar-refractivity contribution is 7.20. The van der Waals surface area contributed by atoms with Gasteiger partial charge in [-0.1, -0.05) is 0 Å². The molecular formula is C21H20FNO5S. The van der Waals surface area contributed by atoms with Crippen molar-refractivity contribution in [2.24, 2.45) is 0 Å². The van der Waals surface area contributed by atoms with Gasteiger partial charge in [-0.15, -0.1) is 11.3 Å². The first kappa shape index (κ1) is 20.6. The van der Waals surface area contributed by atoms with Crippen LogP contribution in [0.5, 0.6) is 11.5 Å². The Morgan fingerprint density at radius 1 is 1.10 bits per heavy atom. The van der Waals surface area contributed by atoms with Crippen molar-refractivity contribution < 1.29 is 28.2 Å². The maximum Gasteiger partial charge on any atom is 0.348 e. The number of benzene rings is 2. The second-order valence-electron chi connectivity index (χ2n) is 6.27. The summed E-state index contributed by atoms with van der Waals surface area (Å²) in [6, 6.07) is 10.7. The van der Waals surface area contributed by atoms with Crippen LogP contribution < -0.4 is 14.8 Å². The number of fused-ring (bicyclic) bond motifs is 1. The SMILES string of the molecule is COc1ccc(OC)c([C@H](C)NC(=O)COC(=O)c2cc3cc(F)ccc3s2)c1. The minimum Gasteiger partial charge on any atom is -0.497 e. The van der Waals surface area contributed by atoms with Crippen molar-refractivity contribution in [3.63, 3.8) is 0 Å². The molecule has 1 amide bonds. The predicted molar refractivity (Wildman–Crippen MR) is 108 cm³/mol. The number of methoxy groups -OCH3 is 2. The van der Waals surface area contributed by atoms with Crippen molar-refractivity contribution in [2.75, 3.05) is 20.8 Å². The fourth-order valence-electron chi connectivity index (χ4n) is 2.86. The highest BCUT2D eigenvalue weighted by Gasteiger charge is 2.18. The first-order chi connectivity index (χ1) is 13.9. The van der Waals surface area contributed by atoms with Gasteiger partial charge in [0, 0.05) is 10.3 Å². The molecule has 8 heteroatoms. The van der Waals surface area contributed by atoms with Crippen LogP contribution in [0.3, 0.4) is 0 Å². The van der Waals surface area contributed by atoms with E-state index < -0.39 is 24.5 Å². The number of hydrogen-bond donors (Lipinski definition) is 1. The number of thiophene rings is 1. The van der Waals surface area contributed by atoms with Crippen molar-refractivity contribution in [1.82, 2.24) is 5.32 Å². The summed E-state index contributed by atoms with van der Waals surface area (Å²) in [5.41, 5.74) is 0.734. The maximum atomic E-state index is 13.3. The molecule has 1 N–H and O–H groups in total. The number of nitrogens with one attached hydrogen (secondary N) is 1. The molecule has 1 aromatic heterocycles. The van der Waals surface area contributed by atoms with E-state index in [-0.39, 0.29) is 5.82 Å². The number of amides is 1. The molecule has 3 aromatic rings. The molecule has 152 valence electrons. The van der Waals surface area contributed by atoms with Crippen molar-refractivity contribution in [3.05, 3.63) is 58.7 Å². The summed E-state index contributed by atoms with van der Waals surface area (Å²) < 4.78 is 29.7. The van der Waals surface area contributed by atoms with E-state index in [1.807, 2.05) is 0 Å². The van der Waals surface area contributed by atoms with Gasteiger partial charge in [0.1, 0.15) is 22.2 Å². The molecule has 0 radical (unpaired) electrons. The van der Waals surface area contributed by atoms with Gasteiger partial charge < -0.3 is 19.5 Å². The van der Waals surface area contributed by atoms with Gasteiger partial charge in [0.15, 0.2) is 6.61 Å². The lowest BCUT2D eigenvalue weighted by Gasteiger charge is -2.18. The summed E-state index contributed by atoms with van der Waals surface area (Å²) in [5.74, 6) is -0.226. The smallest absolute Gasteiger partial charge is 0.348 e. The predicted octanol–water partition coefficient (Wildman–Crippen LogP) is 4.09. The van der Waals surface area contributed by atoms with Crippen LogP contribution in [0.4, 0.5) is 4.39 Å². The molecular weight excluding hydrogens is 397 g/mol. The van der Waals surface area contributed by atoms with E-state index in [0.717, 1.165) is 10.3 Å². The molecule has 3 rings (SSSR count). The van der Waals surface area contributed by atoms with E-state index in [4.69, 9.17) is 14.2 Å². The largest absolute Gasteiger partial charge is 0.497 e. The average Bonchev–Trinajstić information content (AvgIpc) is 3.14. The fourth-order valence-corrected chi connectivity index (χ4v) is 3.79. The third-order valence-corrected chi connectivity index (χ3v) is 5.39. The highest BCUT2D eigenvalue weighted by atomic mass is 32.1. The van der Waals surface area contributed by atoms with Crippen molar-refractivity contribution in [2.45, 2.75) is 13.0 Å². The van der Waals surface area contributed by atoms with Crippen LogP contribution in [0.25, 0.3) is 10.1 Å². The molecule has 0 unspecified atom stereocenters. The molecule has 0 spiro atoms. The third kappa shape index (κ3) is 4.83. The Bertz CT molecular complexity index is 1050. The molecule has 0 fully saturated rings. The average molecular weight is 417 g/mol. The van der Waals surface area contributed by atoms with Gasteiger partial charge in [-0.25, -0.2) is 9.18 Å². The highest BCUT2D eigenvalue weighted by Crippen LogP contribution is 2.29. The van der Waals surface area contributed by atoms with E-state index in [1.54, 1.807) is 51.5 Å². The summed E-state index contributed by atoms with van der Waals surface area (Å²) in [4.78, 5) is 24.8. The maximum absolute atomic E-state index is 13.3. The van der Waals surface area contributed by atoms with Crippen LogP contribution in [0.2, 0.25) is 0 Å². The van der Waals surface area contributed by atoms with Crippen molar-refractivity contribution in [1.29, 1.82) is 0 Å². The molecule has 0 aliphatic carbocycles. The Morgan fingerprint density at radius 2 is 1.90 bits per heavy atom. The zero-order chi connectivity index (χ0) is 21.0. The fraction of sp³-hybridized carbons (Fsp3) is 0.238. The summed E-state index contributed by atoms with van der Waals surface area (Å²) in [6.45, 7) is 1.36. The van der Waals surface area contributed by atoms with Crippen LogP contribution in [-0.4, -0.2) is 32.7 Å². The second-order valence-corrected chi connectivity index (χ2v) is 7.35. The first-order valence-corrected chi connectivity index (χ1v) is 9.60. The number of carbonyl (C=O) groups is 2. The van der Waals surface area contributed by atoms with Gasteiger partial charge in [0.05, 0.1) is 20.3 Å². The van der Waals surface area contributed by atoms with E-state index in [1.165, 1.54) is 23.5 Å². The molecule has 0 aliphatic heterocycles. The lowest BCUT2D eigenvalue weighted by molar-refractivity contribution is -0.124. The number of hydrogen-bond acceptors (Lipinski definition) is 6. The van der Waals surface area contributed by atoms with E-state index in [2.05, 4.69) is 5.32 Å². The zero-order valence-electron chi connectivity index (χ0n) is 16.2. The number of esters is 1. The topological polar surface area (TPSA) is 73.9 Å². The summed E-state index contributed by atoms with van der Waals surface area (Å²) in [7, 11) is 3.09. The summed E-state index contributed by atoms with van der Waals surface area (Å²) in [6.07, 6.45) is 0. The van der Waals surface area contributed by atoms with Gasteiger partial charge in [-0.05, 0) is 54.8 Å².